The summed E-state index contributed by atoms with van der Waals surface area (Å²) in [5.74, 6) is -0.260. The molecule has 0 aliphatic heterocycles. The first-order valence-corrected chi connectivity index (χ1v) is 5.64. The van der Waals surface area contributed by atoms with Gasteiger partial charge in [-0.25, -0.2) is 4.79 Å². The number of nitrogens with one attached hydrogen (secondary N) is 1. The topological polar surface area (TPSA) is 72.9 Å². The summed E-state index contributed by atoms with van der Waals surface area (Å²) in [4.78, 5) is 26.2. The molecule has 0 heterocycles. The lowest BCUT2D eigenvalue weighted by Crippen LogP contribution is -2.50. The van der Waals surface area contributed by atoms with Crippen molar-refractivity contribution in [1.82, 2.24) is 15.1 Å². The first-order chi connectivity index (χ1) is 7.75. The minimum atomic E-state index is -1.17. The van der Waals surface area contributed by atoms with Crippen molar-refractivity contribution in [3.63, 3.8) is 0 Å². The second kappa shape index (κ2) is 7.11. The second-order valence-corrected chi connectivity index (χ2v) is 4.73. The van der Waals surface area contributed by atoms with Gasteiger partial charge in [0.15, 0.2) is 0 Å². The largest absolute Gasteiger partial charge is 0.465 e. The molecule has 0 aromatic heterocycles. The molecule has 0 radical (unpaired) electrons. The summed E-state index contributed by atoms with van der Waals surface area (Å²) < 4.78 is 0. The number of carbonyl (C=O) groups excluding carboxylic acids is 1. The van der Waals surface area contributed by atoms with Gasteiger partial charge in [0.05, 0.1) is 0 Å². The summed E-state index contributed by atoms with van der Waals surface area (Å²) in [6, 6.07) is -0.681. The van der Waals surface area contributed by atoms with E-state index in [9.17, 15) is 9.59 Å². The molecule has 0 aromatic carbocycles. The number of carboxylic acid groups (broad SMARTS) is 1. The van der Waals surface area contributed by atoms with Crippen LogP contribution in [0.5, 0.6) is 0 Å². The van der Waals surface area contributed by atoms with Crippen LogP contribution in [-0.2, 0) is 4.79 Å². The molecule has 0 rings (SSSR count). The summed E-state index contributed by atoms with van der Waals surface area (Å²) in [6.07, 6.45) is -1.17. The second-order valence-electron chi connectivity index (χ2n) is 4.73. The highest BCUT2D eigenvalue weighted by molar-refractivity contribution is 5.85. The summed E-state index contributed by atoms with van der Waals surface area (Å²) >= 11 is 0. The van der Waals surface area contributed by atoms with Crippen molar-refractivity contribution in [2.75, 3.05) is 34.2 Å². The fraction of sp³-hybridized carbons (Fsp3) is 0.818. The van der Waals surface area contributed by atoms with Crippen LogP contribution in [0.25, 0.3) is 0 Å². The Morgan fingerprint density at radius 3 is 2.06 bits per heavy atom. The zero-order chi connectivity index (χ0) is 13.6. The monoisotopic (exact) mass is 245 g/mol. The van der Waals surface area contributed by atoms with Crippen LogP contribution in [0.1, 0.15) is 13.8 Å². The normalized spacial score (nSPS) is 12.6. The van der Waals surface area contributed by atoms with Crippen molar-refractivity contribution >= 4 is 12.0 Å². The van der Waals surface area contributed by atoms with Crippen LogP contribution in [0.15, 0.2) is 0 Å². The standard InChI is InChI=1S/C11H23N3O3/c1-8(2)9(12-11(16)17)10(15)14(5)7-6-13(3)4/h8-9,12H,6-7H2,1-5H3,(H,16,17). The number of nitrogens with zero attached hydrogens (tertiary/aromatic N) is 2. The first kappa shape index (κ1) is 15.7. The van der Waals surface area contributed by atoms with E-state index in [1.165, 1.54) is 0 Å². The van der Waals surface area contributed by atoms with Crippen molar-refractivity contribution in [2.24, 2.45) is 5.92 Å². The Balaban J connectivity index is 4.44. The minimum Gasteiger partial charge on any atom is -0.465 e. The van der Waals surface area contributed by atoms with Gasteiger partial charge < -0.3 is 20.2 Å². The van der Waals surface area contributed by atoms with E-state index in [0.717, 1.165) is 6.54 Å². The molecule has 1 atom stereocenters. The van der Waals surface area contributed by atoms with E-state index in [0.29, 0.717) is 6.54 Å². The van der Waals surface area contributed by atoms with Crippen LogP contribution in [0.4, 0.5) is 4.79 Å². The molecule has 2 N–H and O–H groups in total. The maximum Gasteiger partial charge on any atom is 0.405 e. The van der Waals surface area contributed by atoms with E-state index in [-0.39, 0.29) is 11.8 Å². The van der Waals surface area contributed by atoms with Crippen LogP contribution in [-0.4, -0.2) is 67.2 Å². The third-order valence-corrected chi connectivity index (χ3v) is 2.47. The van der Waals surface area contributed by atoms with Gasteiger partial charge >= 0.3 is 6.09 Å². The van der Waals surface area contributed by atoms with Gasteiger partial charge in [0.2, 0.25) is 5.91 Å². The number of rotatable bonds is 6. The molecule has 0 fully saturated rings. The average Bonchev–Trinajstić information content (AvgIpc) is 2.20. The quantitative estimate of drug-likeness (QED) is 0.706. The highest BCUT2D eigenvalue weighted by Gasteiger charge is 2.26. The van der Waals surface area contributed by atoms with Gasteiger partial charge in [-0.3, -0.25) is 4.79 Å². The lowest BCUT2D eigenvalue weighted by atomic mass is 10.0. The Labute approximate surface area is 103 Å². The molecular formula is C11H23N3O3. The van der Waals surface area contributed by atoms with E-state index in [4.69, 9.17) is 5.11 Å². The fourth-order valence-electron chi connectivity index (χ4n) is 1.34. The van der Waals surface area contributed by atoms with Crippen molar-refractivity contribution in [3.8, 4) is 0 Å². The maximum absolute atomic E-state index is 12.0. The van der Waals surface area contributed by atoms with E-state index >= 15 is 0 Å². The summed E-state index contributed by atoms with van der Waals surface area (Å²) in [5.41, 5.74) is 0. The van der Waals surface area contributed by atoms with Crippen molar-refractivity contribution < 1.29 is 14.7 Å². The number of hydrogen-bond acceptors (Lipinski definition) is 3. The molecule has 100 valence electrons. The van der Waals surface area contributed by atoms with Crippen LogP contribution in [0.2, 0.25) is 0 Å². The molecule has 1 unspecified atom stereocenters. The Morgan fingerprint density at radius 2 is 1.71 bits per heavy atom. The number of amides is 2. The number of carbonyl (C=O) groups is 2. The van der Waals surface area contributed by atoms with Crippen LogP contribution < -0.4 is 5.32 Å². The van der Waals surface area contributed by atoms with Gasteiger partial charge in [-0.05, 0) is 20.0 Å². The molecule has 0 bridgehead atoms. The minimum absolute atomic E-state index is 0.0691. The zero-order valence-electron chi connectivity index (χ0n) is 11.2. The summed E-state index contributed by atoms with van der Waals surface area (Å²) in [5, 5.41) is 11.0. The van der Waals surface area contributed by atoms with Gasteiger partial charge in [-0.1, -0.05) is 13.8 Å². The lowest BCUT2D eigenvalue weighted by molar-refractivity contribution is -0.133. The maximum atomic E-state index is 12.0. The predicted molar refractivity (Wildman–Crippen MR) is 66.0 cm³/mol. The molecule has 0 saturated carbocycles. The van der Waals surface area contributed by atoms with E-state index < -0.39 is 12.1 Å². The smallest absolute Gasteiger partial charge is 0.405 e. The van der Waals surface area contributed by atoms with Gasteiger partial charge in [-0.2, -0.15) is 0 Å². The molecule has 2 amide bonds. The lowest BCUT2D eigenvalue weighted by Gasteiger charge is -2.27. The zero-order valence-corrected chi connectivity index (χ0v) is 11.2. The Morgan fingerprint density at radius 1 is 1.18 bits per heavy atom. The van der Waals surface area contributed by atoms with E-state index in [1.807, 2.05) is 32.8 Å². The number of hydrogen-bond donors (Lipinski definition) is 2. The van der Waals surface area contributed by atoms with Gasteiger partial charge in [0.1, 0.15) is 6.04 Å². The molecule has 17 heavy (non-hydrogen) atoms. The van der Waals surface area contributed by atoms with Crippen molar-refractivity contribution in [1.29, 1.82) is 0 Å². The van der Waals surface area contributed by atoms with Crippen LogP contribution in [0, 0.1) is 5.92 Å². The Hall–Kier alpha value is -1.30. The van der Waals surface area contributed by atoms with Crippen LogP contribution in [0.3, 0.4) is 0 Å². The van der Waals surface area contributed by atoms with Crippen molar-refractivity contribution in [2.45, 2.75) is 19.9 Å². The van der Waals surface area contributed by atoms with Gasteiger partial charge in [0, 0.05) is 20.1 Å². The highest BCUT2D eigenvalue weighted by Crippen LogP contribution is 2.05. The Kier molecular flexibility index (Phi) is 6.57. The van der Waals surface area contributed by atoms with Gasteiger partial charge in [0.25, 0.3) is 0 Å². The van der Waals surface area contributed by atoms with Crippen LogP contribution >= 0.6 is 0 Å². The summed E-state index contributed by atoms with van der Waals surface area (Å²) in [6.45, 7) is 4.97. The first-order valence-electron chi connectivity index (χ1n) is 5.64. The predicted octanol–water partition coefficient (Wildman–Crippen LogP) is 0.299. The highest BCUT2D eigenvalue weighted by atomic mass is 16.4. The van der Waals surface area contributed by atoms with Crippen molar-refractivity contribution in [3.05, 3.63) is 0 Å². The van der Waals surface area contributed by atoms with E-state index in [2.05, 4.69) is 5.32 Å². The number of likely N-dealkylation sites (N-methyl/N-ethyl adjacent to an activating group) is 2. The Bertz CT molecular complexity index is 267. The molecular weight excluding hydrogens is 222 g/mol. The third-order valence-electron chi connectivity index (χ3n) is 2.47. The third kappa shape index (κ3) is 6.11. The fourth-order valence-corrected chi connectivity index (χ4v) is 1.34. The molecule has 0 aliphatic rings. The molecule has 0 saturated heterocycles. The molecule has 0 aromatic rings. The molecule has 6 nitrogen and oxygen atoms in total. The molecule has 0 aliphatic carbocycles. The van der Waals surface area contributed by atoms with Gasteiger partial charge in [-0.15, -0.1) is 0 Å². The molecule has 0 spiro atoms. The van der Waals surface area contributed by atoms with E-state index in [1.54, 1.807) is 11.9 Å². The summed E-state index contributed by atoms with van der Waals surface area (Å²) in [7, 11) is 5.53. The molecule has 6 heteroatoms. The SMILES string of the molecule is CC(C)C(NC(=O)O)C(=O)N(C)CCN(C)C. The average molecular weight is 245 g/mol.